The summed E-state index contributed by atoms with van der Waals surface area (Å²) < 4.78 is 77.0. The number of carbonyl (C=O) groups is 1. The Balaban J connectivity index is 2.32. The monoisotopic (exact) mass is 376 g/mol. The van der Waals surface area contributed by atoms with Gasteiger partial charge in [0.05, 0.1) is 11.1 Å². The van der Waals surface area contributed by atoms with Gasteiger partial charge < -0.3 is 10.6 Å². The Kier molecular flexibility index (Phi) is 5.20. The van der Waals surface area contributed by atoms with E-state index < -0.39 is 35.2 Å². The van der Waals surface area contributed by atoms with Gasteiger partial charge in [-0.05, 0) is 43.2 Å². The first-order chi connectivity index (χ1) is 11.9. The molecule has 0 fully saturated rings. The van der Waals surface area contributed by atoms with Gasteiger partial charge in [-0.1, -0.05) is 18.2 Å². The molecule has 0 aliphatic heterocycles. The van der Waals surface area contributed by atoms with E-state index >= 15 is 0 Å². The Morgan fingerprint density at radius 3 is 1.69 bits per heavy atom. The van der Waals surface area contributed by atoms with Crippen molar-refractivity contribution in [3.63, 3.8) is 0 Å². The number of anilines is 2. The molecule has 2 N–H and O–H groups in total. The number of benzene rings is 2. The van der Waals surface area contributed by atoms with Crippen LogP contribution in [0.1, 0.15) is 22.3 Å². The second-order valence-electron chi connectivity index (χ2n) is 5.64. The van der Waals surface area contributed by atoms with Crippen LogP contribution in [0.5, 0.6) is 0 Å². The zero-order chi connectivity index (χ0) is 19.7. The summed E-state index contributed by atoms with van der Waals surface area (Å²) in [4.78, 5) is 12.0. The summed E-state index contributed by atoms with van der Waals surface area (Å²) >= 11 is 0. The first-order valence-corrected chi connectivity index (χ1v) is 7.31. The van der Waals surface area contributed by atoms with E-state index in [-0.39, 0.29) is 6.07 Å². The highest BCUT2D eigenvalue weighted by atomic mass is 19.4. The minimum atomic E-state index is -4.99. The zero-order valence-corrected chi connectivity index (χ0v) is 13.6. The van der Waals surface area contributed by atoms with Crippen molar-refractivity contribution < 1.29 is 31.1 Å². The molecule has 0 saturated heterocycles. The van der Waals surface area contributed by atoms with Crippen molar-refractivity contribution >= 4 is 17.4 Å². The maximum atomic E-state index is 12.8. The first kappa shape index (κ1) is 19.6. The number of hydrogen-bond acceptors (Lipinski definition) is 1. The number of nitrogens with one attached hydrogen (secondary N) is 2. The summed E-state index contributed by atoms with van der Waals surface area (Å²) in [5.74, 6) is 0. The fourth-order valence-corrected chi connectivity index (χ4v) is 2.31. The molecule has 2 aromatic carbocycles. The summed E-state index contributed by atoms with van der Waals surface area (Å²) in [6.45, 7) is 3.41. The van der Waals surface area contributed by atoms with E-state index in [1.165, 1.54) is 0 Å². The van der Waals surface area contributed by atoms with Crippen molar-refractivity contribution in [2.45, 2.75) is 26.2 Å². The lowest BCUT2D eigenvalue weighted by Gasteiger charge is -2.16. The standard InChI is InChI=1S/C17H14F6N2O/c1-9-4-3-5-10(2)14(9)25-15(26)24-13-7-11(16(18,19)20)6-12(8-13)17(21,22)23/h3-8H,1-2H3,(H2,24,25,26). The molecule has 2 amide bonds. The maximum absolute atomic E-state index is 12.8. The Labute approximate surface area is 145 Å². The molecule has 0 bridgehead atoms. The van der Waals surface area contributed by atoms with E-state index in [9.17, 15) is 31.1 Å². The van der Waals surface area contributed by atoms with Crippen LogP contribution in [-0.2, 0) is 12.4 Å². The number of carbonyl (C=O) groups excluding carboxylic acids is 1. The van der Waals surface area contributed by atoms with Crippen LogP contribution in [0.25, 0.3) is 0 Å². The normalized spacial score (nSPS) is 12.0. The largest absolute Gasteiger partial charge is 0.416 e. The smallest absolute Gasteiger partial charge is 0.308 e. The molecule has 2 rings (SSSR count). The van der Waals surface area contributed by atoms with Crippen LogP contribution < -0.4 is 10.6 Å². The third kappa shape index (κ3) is 4.68. The molecule has 0 spiro atoms. The lowest BCUT2D eigenvalue weighted by molar-refractivity contribution is -0.143. The Morgan fingerprint density at radius 2 is 1.27 bits per heavy atom. The third-order valence-electron chi connectivity index (χ3n) is 3.57. The molecule has 26 heavy (non-hydrogen) atoms. The number of aryl methyl sites for hydroxylation is 2. The lowest BCUT2D eigenvalue weighted by Crippen LogP contribution is -2.21. The molecule has 0 saturated carbocycles. The predicted molar refractivity (Wildman–Crippen MR) is 85.0 cm³/mol. The van der Waals surface area contributed by atoms with Crippen LogP contribution in [0.2, 0.25) is 0 Å². The average molecular weight is 376 g/mol. The summed E-state index contributed by atoms with van der Waals surface area (Å²) in [7, 11) is 0. The first-order valence-electron chi connectivity index (χ1n) is 7.31. The molecular formula is C17H14F6N2O. The molecular weight excluding hydrogens is 362 g/mol. The third-order valence-corrected chi connectivity index (χ3v) is 3.57. The van der Waals surface area contributed by atoms with Gasteiger partial charge >= 0.3 is 18.4 Å². The minimum absolute atomic E-state index is 0.00538. The van der Waals surface area contributed by atoms with Crippen LogP contribution in [0.4, 0.5) is 42.5 Å². The number of urea groups is 1. The van der Waals surface area contributed by atoms with Gasteiger partial charge in [-0.2, -0.15) is 26.3 Å². The summed E-state index contributed by atoms with van der Waals surface area (Å²) in [5, 5.41) is 4.45. The molecule has 0 radical (unpaired) electrons. The van der Waals surface area contributed by atoms with Gasteiger partial charge in [-0.3, -0.25) is 0 Å². The van der Waals surface area contributed by atoms with Gasteiger partial charge in [-0.15, -0.1) is 0 Å². The van der Waals surface area contributed by atoms with Crippen LogP contribution >= 0.6 is 0 Å². The van der Waals surface area contributed by atoms with Gasteiger partial charge in [0.15, 0.2) is 0 Å². The molecule has 0 atom stereocenters. The second-order valence-corrected chi connectivity index (χ2v) is 5.64. The predicted octanol–water partition coefficient (Wildman–Crippen LogP) is 5.99. The minimum Gasteiger partial charge on any atom is -0.308 e. The Morgan fingerprint density at radius 1 is 0.808 bits per heavy atom. The van der Waals surface area contributed by atoms with Crippen molar-refractivity contribution in [1.29, 1.82) is 0 Å². The fourth-order valence-electron chi connectivity index (χ4n) is 2.31. The number of para-hydroxylation sites is 1. The van der Waals surface area contributed by atoms with Crippen LogP contribution in [0.15, 0.2) is 36.4 Å². The van der Waals surface area contributed by atoms with Gasteiger partial charge in [0.2, 0.25) is 0 Å². The number of alkyl halides is 6. The van der Waals surface area contributed by atoms with Gasteiger partial charge in [0.1, 0.15) is 0 Å². The fraction of sp³-hybridized carbons (Fsp3) is 0.235. The molecule has 0 unspecified atom stereocenters. The molecule has 0 heterocycles. The van der Waals surface area contributed by atoms with Gasteiger partial charge in [0, 0.05) is 11.4 Å². The summed E-state index contributed by atoms with van der Waals surface area (Å²) in [6, 6.07) is 5.09. The molecule has 0 aliphatic rings. The molecule has 0 aromatic heterocycles. The van der Waals surface area contributed by atoms with Crippen LogP contribution in [0, 0.1) is 13.8 Å². The number of hydrogen-bond donors (Lipinski definition) is 2. The van der Waals surface area contributed by atoms with Gasteiger partial charge in [0.25, 0.3) is 0 Å². The number of rotatable bonds is 2. The van der Waals surface area contributed by atoms with E-state index in [2.05, 4.69) is 5.32 Å². The topological polar surface area (TPSA) is 41.1 Å². The molecule has 9 heteroatoms. The number of amides is 2. The highest BCUT2D eigenvalue weighted by Gasteiger charge is 2.37. The SMILES string of the molecule is Cc1cccc(C)c1NC(=O)Nc1cc(C(F)(F)F)cc(C(F)(F)F)c1. The van der Waals surface area contributed by atoms with E-state index in [1.807, 2.05) is 5.32 Å². The van der Waals surface area contributed by atoms with Crippen molar-refractivity contribution in [1.82, 2.24) is 0 Å². The highest BCUT2D eigenvalue weighted by molar-refractivity contribution is 6.00. The summed E-state index contributed by atoms with van der Waals surface area (Å²) in [5.41, 5.74) is -1.81. The average Bonchev–Trinajstić information content (AvgIpc) is 2.49. The van der Waals surface area contributed by atoms with E-state index in [4.69, 9.17) is 0 Å². The second kappa shape index (κ2) is 6.89. The highest BCUT2D eigenvalue weighted by Crippen LogP contribution is 2.37. The maximum Gasteiger partial charge on any atom is 0.416 e. The van der Waals surface area contributed by atoms with Gasteiger partial charge in [-0.25, -0.2) is 4.79 Å². The van der Waals surface area contributed by atoms with E-state index in [1.54, 1.807) is 32.0 Å². The van der Waals surface area contributed by atoms with Crippen molar-refractivity contribution in [2.24, 2.45) is 0 Å². The lowest BCUT2D eigenvalue weighted by atomic mass is 10.1. The van der Waals surface area contributed by atoms with Crippen LogP contribution in [0.3, 0.4) is 0 Å². The quantitative estimate of drug-likeness (QED) is 0.622. The van der Waals surface area contributed by atoms with Crippen molar-refractivity contribution in [2.75, 3.05) is 10.6 Å². The van der Waals surface area contributed by atoms with E-state index in [0.29, 0.717) is 28.9 Å². The molecule has 2 aromatic rings. The summed E-state index contributed by atoms with van der Waals surface area (Å²) in [6.07, 6.45) is -9.97. The van der Waals surface area contributed by atoms with Crippen molar-refractivity contribution in [3.05, 3.63) is 58.7 Å². The molecule has 3 nitrogen and oxygen atoms in total. The molecule has 0 aliphatic carbocycles. The van der Waals surface area contributed by atoms with Crippen LogP contribution in [-0.4, -0.2) is 6.03 Å². The Hall–Kier alpha value is -2.71. The number of halogens is 6. The molecule has 140 valence electrons. The van der Waals surface area contributed by atoms with E-state index in [0.717, 1.165) is 0 Å². The Bertz CT molecular complexity index is 774. The van der Waals surface area contributed by atoms with Crippen molar-refractivity contribution in [3.8, 4) is 0 Å². The zero-order valence-electron chi connectivity index (χ0n) is 13.6.